The molecular weight excluding hydrogens is 190 g/mol. The Labute approximate surface area is 79.4 Å². The minimum atomic E-state index is -1.39. The summed E-state index contributed by atoms with van der Waals surface area (Å²) in [5.41, 5.74) is 0. The number of aliphatic carboxylic acids is 1. The lowest BCUT2D eigenvalue weighted by molar-refractivity contribution is -0.310. The molecule has 0 aromatic carbocycles. The van der Waals surface area contributed by atoms with Crippen molar-refractivity contribution >= 4 is 11.9 Å². The first-order chi connectivity index (χ1) is 6.65. The lowest BCUT2D eigenvalue weighted by atomic mass is 10.1. The molecule has 0 aromatic heterocycles. The number of carboxylic acids is 1. The molecule has 2 unspecified atom stereocenters. The highest BCUT2D eigenvalue weighted by atomic mass is 16.5. The van der Waals surface area contributed by atoms with Crippen LogP contribution in [-0.4, -0.2) is 40.8 Å². The molecule has 2 atom stereocenters. The van der Waals surface area contributed by atoms with E-state index in [-0.39, 0.29) is 24.7 Å². The van der Waals surface area contributed by atoms with Gasteiger partial charge in [0.1, 0.15) is 11.8 Å². The fraction of sp³-hybridized carbons (Fsp3) is 0.500. The van der Waals surface area contributed by atoms with Gasteiger partial charge < -0.3 is 19.7 Å². The van der Waals surface area contributed by atoms with E-state index in [0.29, 0.717) is 0 Å². The third kappa shape index (κ3) is 1.07. The Bertz CT molecular complexity index is 324. The number of carbonyl (C=O) groups is 2. The first-order valence-electron chi connectivity index (χ1n) is 4.14. The number of aliphatic hydroxyl groups is 1. The predicted octanol–water partition coefficient (Wildman–Crippen LogP) is -2.43. The number of amides is 1. The normalized spacial score (nSPS) is 32.5. The Morgan fingerprint density at radius 1 is 1.79 bits per heavy atom. The zero-order valence-corrected chi connectivity index (χ0v) is 7.17. The van der Waals surface area contributed by atoms with Gasteiger partial charge in [0.15, 0.2) is 6.23 Å². The van der Waals surface area contributed by atoms with Crippen LogP contribution in [0.4, 0.5) is 0 Å². The number of rotatable bonds is 2. The molecule has 1 N–H and O–H groups in total. The molecule has 0 spiro atoms. The quantitative estimate of drug-likeness (QED) is 0.498. The Morgan fingerprint density at radius 2 is 2.50 bits per heavy atom. The molecule has 0 saturated carbocycles. The van der Waals surface area contributed by atoms with Gasteiger partial charge in [0.25, 0.3) is 0 Å². The SMILES string of the molecule is O=C([O-])C1C(=CCO)OC2CC(=O)N21. The second kappa shape index (κ2) is 2.98. The standard InChI is InChI=1S/C8H9NO5/c10-2-1-4-7(8(12)13)9-5(11)3-6(9)14-4/h1,6-7,10H,2-3H2,(H,12,13)/p-1. The van der Waals surface area contributed by atoms with Gasteiger partial charge in [-0.3, -0.25) is 9.69 Å². The summed E-state index contributed by atoms with van der Waals surface area (Å²) in [6.45, 7) is -0.326. The number of β-lactam (4-membered cyclic amide) rings is 1. The summed E-state index contributed by atoms with van der Waals surface area (Å²) in [5.74, 6) is -1.57. The molecule has 6 heteroatoms. The zero-order valence-electron chi connectivity index (χ0n) is 7.17. The van der Waals surface area contributed by atoms with Crippen LogP contribution in [-0.2, 0) is 14.3 Å². The second-order valence-corrected chi connectivity index (χ2v) is 3.09. The number of ether oxygens (including phenoxy) is 1. The number of hydrogen-bond acceptors (Lipinski definition) is 5. The lowest BCUT2D eigenvalue weighted by Gasteiger charge is -2.35. The van der Waals surface area contributed by atoms with E-state index in [1.807, 2.05) is 0 Å². The number of aliphatic hydroxyl groups excluding tert-OH is 1. The van der Waals surface area contributed by atoms with Crippen LogP contribution in [0.2, 0.25) is 0 Å². The third-order valence-corrected chi connectivity index (χ3v) is 2.28. The summed E-state index contributed by atoms with van der Waals surface area (Å²) in [6.07, 6.45) is 0.918. The highest BCUT2D eigenvalue weighted by molar-refractivity contribution is 5.90. The van der Waals surface area contributed by atoms with Crippen molar-refractivity contribution in [2.75, 3.05) is 6.61 Å². The topological polar surface area (TPSA) is 89.9 Å². The minimum absolute atomic E-state index is 0.0864. The summed E-state index contributed by atoms with van der Waals surface area (Å²) in [6, 6.07) is -1.17. The molecular formula is C8H8NO5-. The van der Waals surface area contributed by atoms with Crippen molar-refractivity contribution in [3.05, 3.63) is 11.8 Å². The fourth-order valence-electron chi connectivity index (χ4n) is 1.65. The van der Waals surface area contributed by atoms with Crippen molar-refractivity contribution in [2.45, 2.75) is 18.7 Å². The summed E-state index contributed by atoms with van der Waals surface area (Å²) in [7, 11) is 0. The fourth-order valence-corrected chi connectivity index (χ4v) is 1.65. The van der Waals surface area contributed by atoms with E-state index < -0.39 is 18.2 Å². The third-order valence-electron chi connectivity index (χ3n) is 2.28. The van der Waals surface area contributed by atoms with Gasteiger partial charge in [-0.05, 0) is 6.08 Å². The number of carbonyl (C=O) groups excluding carboxylic acids is 2. The largest absolute Gasteiger partial charge is 0.547 e. The summed E-state index contributed by atoms with van der Waals surface area (Å²) in [4.78, 5) is 22.9. The molecule has 2 fully saturated rings. The van der Waals surface area contributed by atoms with E-state index in [4.69, 9.17) is 9.84 Å². The van der Waals surface area contributed by atoms with Gasteiger partial charge in [0.05, 0.1) is 19.0 Å². The molecule has 2 aliphatic heterocycles. The van der Waals surface area contributed by atoms with Gasteiger partial charge in [-0.25, -0.2) is 0 Å². The number of carboxylic acid groups (broad SMARTS) is 1. The van der Waals surface area contributed by atoms with Crippen molar-refractivity contribution < 1.29 is 24.5 Å². The molecule has 2 rings (SSSR count). The molecule has 1 amide bonds. The molecule has 2 saturated heterocycles. The van der Waals surface area contributed by atoms with Crippen LogP contribution in [0.15, 0.2) is 11.8 Å². The van der Waals surface area contributed by atoms with Crippen LogP contribution in [0.25, 0.3) is 0 Å². The lowest BCUT2D eigenvalue weighted by Crippen LogP contribution is -2.57. The zero-order chi connectivity index (χ0) is 10.3. The maximum atomic E-state index is 11.0. The molecule has 14 heavy (non-hydrogen) atoms. The highest BCUT2D eigenvalue weighted by Gasteiger charge is 2.50. The van der Waals surface area contributed by atoms with Gasteiger partial charge >= 0.3 is 0 Å². The number of hydrogen-bond donors (Lipinski definition) is 1. The second-order valence-electron chi connectivity index (χ2n) is 3.09. The van der Waals surface area contributed by atoms with E-state index >= 15 is 0 Å². The monoisotopic (exact) mass is 198 g/mol. The number of fused-ring (bicyclic) bond motifs is 1. The van der Waals surface area contributed by atoms with Gasteiger partial charge in [0.2, 0.25) is 5.91 Å². The van der Waals surface area contributed by atoms with Crippen LogP contribution >= 0.6 is 0 Å². The Balaban J connectivity index is 2.26. The number of nitrogens with zero attached hydrogens (tertiary/aromatic N) is 1. The van der Waals surface area contributed by atoms with E-state index in [1.54, 1.807) is 0 Å². The van der Waals surface area contributed by atoms with Crippen molar-refractivity contribution in [3.63, 3.8) is 0 Å². The average molecular weight is 198 g/mol. The summed E-state index contributed by atoms with van der Waals surface area (Å²) in [5, 5.41) is 19.3. The Morgan fingerprint density at radius 3 is 3.00 bits per heavy atom. The average Bonchev–Trinajstić information content (AvgIpc) is 2.39. The van der Waals surface area contributed by atoms with Gasteiger partial charge in [0, 0.05) is 0 Å². The van der Waals surface area contributed by atoms with Crippen LogP contribution in [0.5, 0.6) is 0 Å². The van der Waals surface area contributed by atoms with Crippen molar-refractivity contribution in [1.29, 1.82) is 0 Å². The van der Waals surface area contributed by atoms with Gasteiger partial charge in [-0.2, -0.15) is 0 Å². The molecule has 0 aliphatic carbocycles. The van der Waals surface area contributed by atoms with Crippen LogP contribution in [0.3, 0.4) is 0 Å². The molecule has 0 aromatic rings. The van der Waals surface area contributed by atoms with Crippen molar-refractivity contribution in [3.8, 4) is 0 Å². The first-order valence-corrected chi connectivity index (χ1v) is 4.14. The highest BCUT2D eigenvalue weighted by Crippen LogP contribution is 2.35. The maximum Gasteiger partial charge on any atom is 0.232 e. The minimum Gasteiger partial charge on any atom is -0.547 e. The van der Waals surface area contributed by atoms with Gasteiger partial charge in [-0.1, -0.05) is 0 Å². The smallest absolute Gasteiger partial charge is 0.232 e. The van der Waals surface area contributed by atoms with Crippen LogP contribution in [0.1, 0.15) is 6.42 Å². The Hall–Kier alpha value is -1.56. The van der Waals surface area contributed by atoms with E-state index in [1.165, 1.54) is 6.08 Å². The van der Waals surface area contributed by atoms with Crippen molar-refractivity contribution in [2.24, 2.45) is 0 Å². The Kier molecular flexibility index (Phi) is 1.92. The molecule has 2 aliphatic rings. The molecule has 0 bridgehead atoms. The molecule has 0 radical (unpaired) electrons. The van der Waals surface area contributed by atoms with Crippen LogP contribution < -0.4 is 5.11 Å². The van der Waals surface area contributed by atoms with E-state index in [9.17, 15) is 14.7 Å². The predicted molar refractivity (Wildman–Crippen MR) is 40.3 cm³/mol. The summed E-state index contributed by atoms with van der Waals surface area (Å²) >= 11 is 0. The van der Waals surface area contributed by atoms with E-state index in [2.05, 4.69) is 0 Å². The van der Waals surface area contributed by atoms with Gasteiger partial charge in [-0.15, -0.1) is 0 Å². The van der Waals surface area contributed by atoms with E-state index in [0.717, 1.165) is 4.90 Å². The molecule has 6 nitrogen and oxygen atoms in total. The molecule has 2 heterocycles. The summed E-state index contributed by atoms with van der Waals surface area (Å²) < 4.78 is 5.13. The van der Waals surface area contributed by atoms with Crippen LogP contribution in [0, 0.1) is 0 Å². The van der Waals surface area contributed by atoms with Crippen molar-refractivity contribution in [1.82, 2.24) is 4.90 Å². The maximum absolute atomic E-state index is 11.0. The molecule has 76 valence electrons. The first kappa shape index (κ1) is 9.01.